The third kappa shape index (κ3) is 3.38. The minimum atomic E-state index is 0.363. The van der Waals surface area contributed by atoms with Gasteiger partial charge in [0.2, 0.25) is 0 Å². The number of rotatable bonds is 6. The largest absolute Gasteiger partial charge is 0.346 e. The first-order valence-electron chi connectivity index (χ1n) is 7.62. The Hall–Kier alpha value is -0.940. The molecule has 0 spiro atoms. The molecular formula is C15H25N3OS. The molecule has 1 aliphatic rings. The van der Waals surface area contributed by atoms with Crippen LogP contribution in [0.1, 0.15) is 54.9 Å². The molecule has 1 aromatic rings. The first kappa shape index (κ1) is 15.4. The van der Waals surface area contributed by atoms with Crippen LogP contribution in [0, 0.1) is 0 Å². The standard InChI is InChI=1S/C15H25N3OS/c1-4-6-17-7-9-18(10-8-17)15-16-14(12(3)5-2)13(11-19)20-15/h11-12H,4-10H2,1-3H3. The fraction of sp³-hybridized carbons (Fsp3) is 0.733. The molecule has 5 heteroatoms. The van der Waals surface area contributed by atoms with E-state index in [0.717, 1.165) is 54.6 Å². The van der Waals surface area contributed by atoms with E-state index in [9.17, 15) is 4.79 Å². The summed E-state index contributed by atoms with van der Waals surface area (Å²) in [4.78, 5) is 21.6. The molecule has 2 rings (SSSR count). The smallest absolute Gasteiger partial charge is 0.186 e. The third-order valence-electron chi connectivity index (χ3n) is 4.04. The lowest BCUT2D eigenvalue weighted by atomic mass is 10.0. The summed E-state index contributed by atoms with van der Waals surface area (Å²) in [7, 11) is 0. The summed E-state index contributed by atoms with van der Waals surface area (Å²) in [5, 5.41) is 1.03. The van der Waals surface area contributed by atoms with Gasteiger partial charge in [-0.1, -0.05) is 32.1 Å². The SMILES string of the molecule is CCCN1CCN(c2nc(C(C)CC)c(C=O)s2)CC1. The second kappa shape index (κ2) is 7.18. The molecule has 1 unspecified atom stereocenters. The van der Waals surface area contributed by atoms with Crippen molar-refractivity contribution < 1.29 is 4.79 Å². The van der Waals surface area contributed by atoms with E-state index < -0.39 is 0 Å². The van der Waals surface area contributed by atoms with E-state index in [2.05, 4.69) is 30.6 Å². The second-order valence-corrected chi connectivity index (χ2v) is 6.51. The zero-order chi connectivity index (χ0) is 14.5. The molecule has 0 amide bonds. The van der Waals surface area contributed by atoms with E-state index in [0.29, 0.717) is 5.92 Å². The van der Waals surface area contributed by atoms with Gasteiger partial charge in [-0.3, -0.25) is 9.69 Å². The van der Waals surface area contributed by atoms with E-state index in [-0.39, 0.29) is 0 Å². The van der Waals surface area contributed by atoms with Crippen LogP contribution in [0.25, 0.3) is 0 Å². The van der Waals surface area contributed by atoms with Crippen molar-refractivity contribution in [3.63, 3.8) is 0 Å². The summed E-state index contributed by atoms with van der Waals surface area (Å²) in [6.07, 6.45) is 3.20. The molecule has 0 aliphatic carbocycles. The minimum Gasteiger partial charge on any atom is -0.346 e. The number of aldehydes is 1. The summed E-state index contributed by atoms with van der Waals surface area (Å²) in [5.74, 6) is 0.363. The maximum Gasteiger partial charge on any atom is 0.186 e. The predicted molar refractivity (Wildman–Crippen MR) is 85.2 cm³/mol. The summed E-state index contributed by atoms with van der Waals surface area (Å²) in [5.41, 5.74) is 0.985. The van der Waals surface area contributed by atoms with E-state index in [4.69, 9.17) is 4.98 Å². The number of hydrogen-bond acceptors (Lipinski definition) is 5. The molecule has 112 valence electrons. The molecule has 0 radical (unpaired) electrons. The van der Waals surface area contributed by atoms with E-state index >= 15 is 0 Å². The van der Waals surface area contributed by atoms with Gasteiger partial charge in [-0.25, -0.2) is 4.98 Å². The fourth-order valence-electron chi connectivity index (χ4n) is 2.58. The highest BCUT2D eigenvalue weighted by Gasteiger charge is 2.22. The van der Waals surface area contributed by atoms with Crippen molar-refractivity contribution in [2.75, 3.05) is 37.6 Å². The Balaban J connectivity index is 2.06. The molecule has 0 saturated carbocycles. The molecule has 1 fully saturated rings. The quantitative estimate of drug-likeness (QED) is 0.756. The van der Waals surface area contributed by atoms with E-state index in [1.165, 1.54) is 13.0 Å². The molecule has 0 N–H and O–H groups in total. The van der Waals surface area contributed by atoms with Crippen molar-refractivity contribution in [3.8, 4) is 0 Å². The van der Waals surface area contributed by atoms with Crippen molar-refractivity contribution >= 4 is 22.8 Å². The number of carbonyl (C=O) groups excluding carboxylic acids is 1. The summed E-state index contributed by atoms with van der Waals surface area (Å²) >= 11 is 1.55. The van der Waals surface area contributed by atoms with Crippen LogP contribution in [0.5, 0.6) is 0 Å². The minimum absolute atomic E-state index is 0.363. The van der Waals surface area contributed by atoms with Crippen LogP contribution in [-0.2, 0) is 0 Å². The van der Waals surface area contributed by atoms with Crippen LogP contribution in [0.3, 0.4) is 0 Å². The van der Waals surface area contributed by atoms with E-state index in [1.807, 2.05) is 0 Å². The molecule has 2 heterocycles. The number of piperazine rings is 1. The molecular weight excluding hydrogens is 270 g/mol. The Morgan fingerprint density at radius 3 is 2.55 bits per heavy atom. The van der Waals surface area contributed by atoms with Crippen LogP contribution in [-0.4, -0.2) is 48.9 Å². The van der Waals surface area contributed by atoms with Gasteiger partial charge in [0.15, 0.2) is 11.4 Å². The van der Waals surface area contributed by atoms with Gasteiger partial charge in [0.05, 0.1) is 10.6 Å². The maximum atomic E-state index is 11.2. The fourth-order valence-corrected chi connectivity index (χ4v) is 3.63. The monoisotopic (exact) mass is 295 g/mol. The van der Waals surface area contributed by atoms with Gasteiger partial charge < -0.3 is 4.90 Å². The Morgan fingerprint density at radius 2 is 2.00 bits per heavy atom. The predicted octanol–water partition coefficient (Wildman–Crippen LogP) is 3.00. The lowest BCUT2D eigenvalue weighted by Crippen LogP contribution is -2.46. The number of aromatic nitrogens is 1. The van der Waals surface area contributed by atoms with Gasteiger partial charge >= 0.3 is 0 Å². The van der Waals surface area contributed by atoms with Crippen molar-refractivity contribution in [1.82, 2.24) is 9.88 Å². The van der Waals surface area contributed by atoms with Gasteiger partial charge in [0, 0.05) is 26.2 Å². The Bertz CT molecular complexity index is 438. The third-order valence-corrected chi connectivity index (χ3v) is 5.10. The van der Waals surface area contributed by atoms with E-state index in [1.54, 1.807) is 11.3 Å². The molecule has 20 heavy (non-hydrogen) atoms. The Kier molecular flexibility index (Phi) is 5.54. The normalized spacial score (nSPS) is 18.2. The van der Waals surface area contributed by atoms with Crippen molar-refractivity contribution in [2.45, 2.75) is 39.5 Å². The molecule has 1 atom stereocenters. The zero-order valence-electron chi connectivity index (χ0n) is 12.8. The van der Waals surface area contributed by atoms with Crippen LogP contribution in [0.2, 0.25) is 0 Å². The molecule has 4 nitrogen and oxygen atoms in total. The summed E-state index contributed by atoms with van der Waals surface area (Å²) in [6, 6.07) is 0. The van der Waals surface area contributed by atoms with Crippen molar-refractivity contribution in [2.24, 2.45) is 0 Å². The molecule has 1 aliphatic heterocycles. The van der Waals surface area contributed by atoms with Gasteiger partial charge in [-0.05, 0) is 25.3 Å². The number of anilines is 1. The molecule has 1 aromatic heterocycles. The second-order valence-electron chi connectivity index (χ2n) is 5.50. The van der Waals surface area contributed by atoms with Gasteiger partial charge in [0.25, 0.3) is 0 Å². The number of nitrogens with zero attached hydrogens (tertiary/aromatic N) is 3. The van der Waals surface area contributed by atoms with Crippen LogP contribution in [0.4, 0.5) is 5.13 Å². The van der Waals surface area contributed by atoms with Crippen molar-refractivity contribution in [3.05, 3.63) is 10.6 Å². The number of hydrogen-bond donors (Lipinski definition) is 0. The summed E-state index contributed by atoms with van der Waals surface area (Å²) in [6.45, 7) is 11.9. The molecule has 0 bridgehead atoms. The lowest BCUT2D eigenvalue weighted by Gasteiger charge is -2.34. The zero-order valence-corrected chi connectivity index (χ0v) is 13.6. The Labute approximate surface area is 125 Å². The Morgan fingerprint density at radius 1 is 1.30 bits per heavy atom. The van der Waals surface area contributed by atoms with Crippen LogP contribution >= 0.6 is 11.3 Å². The van der Waals surface area contributed by atoms with Crippen molar-refractivity contribution in [1.29, 1.82) is 0 Å². The number of carbonyl (C=O) groups is 1. The average molecular weight is 295 g/mol. The van der Waals surface area contributed by atoms with Crippen LogP contribution < -0.4 is 4.90 Å². The first-order chi connectivity index (χ1) is 9.69. The first-order valence-corrected chi connectivity index (χ1v) is 8.44. The highest BCUT2D eigenvalue weighted by molar-refractivity contribution is 7.17. The van der Waals surface area contributed by atoms with Gasteiger partial charge in [0.1, 0.15) is 0 Å². The highest BCUT2D eigenvalue weighted by Crippen LogP contribution is 2.31. The van der Waals surface area contributed by atoms with Gasteiger partial charge in [-0.2, -0.15) is 0 Å². The lowest BCUT2D eigenvalue weighted by molar-refractivity contribution is 0.112. The average Bonchev–Trinajstić information content (AvgIpc) is 2.92. The molecule has 1 saturated heterocycles. The topological polar surface area (TPSA) is 36.4 Å². The summed E-state index contributed by atoms with van der Waals surface area (Å²) < 4.78 is 0. The maximum absolute atomic E-state index is 11.2. The van der Waals surface area contributed by atoms with Crippen LogP contribution in [0.15, 0.2) is 0 Å². The molecule has 0 aromatic carbocycles. The number of thiazole rings is 1. The van der Waals surface area contributed by atoms with Gasteiger partial charge in [-0.15, -0.1) is 0 Å². The highest BCUT2D eigenvalue weighted by atomic mass is 32.1.